The summed E-state index contributed by atoms with van der Waals surface area (Å²) < 4.78 is 4.24. The van der Waals surface area contributed by atoms with Gasteiger partial charge in [0.1, 0.15) is 15.8 Å². The molecule has 90 valence electrons. The molecule has 6 heteroatoms. The Morgan fingerprint density at radius 1 is 1.53 bits per heavy atom. The molecule has 1 fully saturated rings. The molecular formula is C11H14N4S2. The molecule has 4 nitrogen and oxygen atoms in total. The SMILES string of the molecule is Cc1csc(CNc2snc(N)c2C2CC2)n1. The number of aromatic nitrogens is 2. The predicted octanol–water partition coefficient (Wildman–Crippen LogP) is 2.98. The van der Waals surface area contributed by atoms with Gasteiger partial charge in [0.2, 0.25) is 0 Å². The maximum atomic E-state index is 5.90. The summed E-state index contributed by atoms with van der Waals surface area (Å²) in [6.07, 6.45) is 2.49. The third-order valence-corrected chi connectivity index (χ3v) is 4.61. The van der Waals surface area contributed by atoms with Crippen LogP contribution in [-0.2, 0) is 6.54 Å². The topological polar surface area (TPSA) is 63.8 Å². The minimum absolute atomic E-state index is 0.634. The van der Waals surface area contributed by atoms with Crippen LogP contribution in [0.15, 0.2) is 5.38 Å². The van der Waals surface area contributed by atoms with E-state index in [0.717, 1.165) is 22.2 Å². The van der Waals surface area contributed by atoms with Crippen LogP contribution in [0.25, 0.3) is 0 Å². The molecule has 2 aromatic heterocycles. The van der Waals surface area contributed by atoms with Gasteiger partial charge in [0, 0.05) is 16.6 Å². The Hall–Kier alpha value is -1.14. The van der Waals surface area contributed by atoms with Crippen LogP contribution in [0.3, 0.4) is 0 Å². The number of hydrogen-bond donors (Lipinski definition) is 2. The van der Waals surface area contributed by atoms with E-state index in [-0.39, 0.29) is 0 Å². The molecule has 0 aliphatic heterocycles. The smallest absolute Gasteiger partial charge is 0.142 e. The first kappa shape index (κ1) is 11.0. The number of nitrogens with zero attached hydrogens (tertiary/aromatic N) is 2. The normalized spacial score (nSPS) is 15.1. The molecule has 0 saturated heterocycles. The van der Waals surface area contributed by atoms with Gasteiger partial charge in [0.05, 0.1) is 6.54 Å². The van der Waals surface area contributed by atoms with Crippen molar-refractivity contribution >= 4 is 33.7 Å². The van der Waals surface area contributed by atoms with E-state index >= 15 is 0 Å². The first-order valence-electron chi connectivity index (χ1n) is 5.64. The van der Waals surface area contributed by atoms with Crippen LogP contribution in [0.2, 0.25) is 0 Å². The van der Waals surface area contributed by atoms with Gasteiger partial charge in [-0.2, -0.15) is 4.37 Å². The van der Waals surface area contributed by atoms with Gasteiger partial charge in [-0.25, -0.2) is 4.98 Å². The van der Waals surface area contributed by atoms with E-state index in [2.05, 4.69) is 20.1 Å². The first-order valence-corrected chi connectivity index (χ1v) is 7.29. The van der Waals surface area contributed by atoms with E-state index < -0.39 is 0 Å². The lowest BCUT2D eigenvalue weighted by atomic mass is 10.2. The lowest BCUT2D eigenvalue weighted by Gasteiger charge is -2.04. The van der Waals surface area contributed by atoms with Crippen molar-refractivity contribution in [2.75, 3.05) is 11.1 Å². The van der Waals surface area contributed by atoms with Crippen molar-refractivity contribution in [3.05, 3.63) is 21.6 Å². The number of nitrogens with one attached hydrogen (secondary N) is 1. The summed E-state index contributed by atoms with van der Waals surface area (Å²) in [5.41, 5.74) is 8.21. The highest BCUT2D eigenvalue weighted by Crippen LogP contribution is 2.47. The van der Waals surface area contributed by atoms with E-state index in [0.29, 0.717) is 11.7 Å². The fraction of sp³-hybridized carbons (Fsp3) is 0.455. The second-order valence-electron chi connectivity index (χ2n) is 4.32. The summed E-state index contributed by atoms with van der Waals surface area (Å²) in [6.45, 7) is 2.78. The average Bonchev–Trinajstić information content (AvgIpc) is 2.95. The minimum Gasteiger partial charge on any atom is -0.383 e. The van der Waals surface area contributed by atoms with Gasteiger partial charge in [-0.3, -0.25) is 0 Å². The molecule has 0 atom stereocenters. The molecule has 2 heterocycles. The number of thiazole rings is 1. The molecule has 0 aromatic carbocycles. The Balaban J connectivity index is 1.72. The second kappa shape index (κ2) is 4.27. The molecule has 17 heavy (non-hydrogen) atoms. The summed E-state index contributed by atoms with van der Waals surface area (Å²) in [4.78, 5) is 4.43. The van der Waals surface area contributed by atoms with Gasteiger partial charge in [-0.05, 0) is 37.2 Å². The molecule has 3 rings (SSSR count). The highest BCUT2D eigenvalue weighted by Gasteiger charge is 2.30. The summed E-state index contributed by atoms with van der Waals surface area (Å²) >= 11 is 3.15. The van der Waals surface area contributed by atoms with Gasteiger partial charge < -0.3 is 11.1 Å². The van der Waals surface area contributed by atoms with Gasteiger partial charge in [0.25, 0.3) is 0 Å². The molecule has 0 bridgehead atoms. The largest absolute Gasteiger partial charge is 0.383 e. The molecule has 3 N–H and O–H groups in total. The van der Waals surface area contributed by atoms with Crippen LogP contribution in [0.4, 0.5) is 10.8 Å². The third-order valence-electron chi connectivity index (χ3n) is 2.81. The van der Waals surface area contributed by atoms with Crippen molar-refractivity contribution < 1.29 is 0 Å². The van der Waals surface area contributed by atoms with Crippen LogP contribution in [0.1, 0.15) is 35.0 Å². The minimum atomic E-state index is 0.634. The number of hydrogen-bond acceptors (Lipinski definition) is 6. The van der Waals surface area contributed by atoms with Gasteiger partial charge >= 0.3 is 0 Å². The quantitative estimate of drug-likeness (QED) is 0.893. The van der Waals surface area contributed by atoms with Crippen LogP contribution in [0, 0.1) is 6.92 Å². The van der Waals surface area contributed by atoms with Crippen LogP contribution < -0.4 is 11.1 Å². The molecule has 0 unspecified atom stereocenters. The lowest BCUT2D eigenvalue weighted by molar-refractivity contribution is 1.06. The fourth-order valence-electron chi connectivity index (χ4n) is 1.84. The van der Waals surface area contributed by atoms with E-state index in [1.165, 1.54) is 29.9 Å². The summed E-state index contributed by atoms with van der Waals surface area (Å²) in [5, 5.41) is 7.71. The monoisotopic (exact) mass is 266 g/mol. The Kier molecular flexibility index (Phi) is 2.76. The summed E-state index contributed by atoms with van der Waals surface area (Å²) in [7, 11) is 0. The molecule has 0 spiro atoms. The number of anilines is 2. The number of aryl methyl sites for hydroxylation is 1. The van der Waals surface area contributed by atoms with E-state index in [4.69, 9.17) is 5.73 Å². The van der Waals surface area contributed by atoms with E-state index in [1.54, 1.807) is 11.3 Å². The third kappa shape index (κ3) is 2.28. The Morgan fingerprint density at radius 3 is 3.00 bits per heavy atom. The van der Waals surface area contributed by atoms with Gasteiger partial charge in [0.15, 0.2) is 0 Å². The van der Waals surface area contributed by atoms with Crippen molar-refractivity contribution in [3.63, 3.8) is 0 Å². The molecule has 2 aromatic rings. The van der Waals surface area contributed by atoms with E-state index in [9.17, 15) is 0 Å². The second-order valence-corrected chi connectivity index (χ2v) is 6.04. The Morgan fingerprint density at radius 2 is 2.35 bits per heavy atom. The lowest BCUT2D eigenvalue weighted by Crippen LogP contribution is -2.00. The Labute approximate surface area is 108 Å². The molecule has 0 amide bonds. The summed E-state index contributed by atoms with van der Waals surface area (Å²) in [6, 6.07) is 0. The van der Waals surface area contributed by atoms with E-state index in [1.807, 2.05) is 6.92 Å². The van der Waals surface area contributed by atoms with Crippen molar-refractivity contribution in [3.8, 4) is 0 Å². The molecule has 1 saturated carbocycles. The van der Waals surface area contributed by atoms with Gasteiger partial charge in [-0.15, -0.1) is 11.3 Å². The zero-order valence-electron chi connectivity index (χ0n) is 9.56. The number of rotatable bonds is 4. The molecule has 1 aliphatic rings. The highest BCUT2D eigenvalue weighted by atomic mass is 32.1. The fourth-order valence-corrected chi connectivity index (χ4v) is 3.35. The van der Waals surface area contributed by atoms with Gasteiger partial charge in [-0.1, -0.05) is 0 Å². The van der Waals surface area contributed by atoms with Crippen molar-refractivity contribution in [1.82, 2.24) is 9.36 Å². The predicted molar refractivity (Wildman–Crippen MR) is 72.7 cm³/mol. The number of nitrogen functional groups attached to an aromatic ring is 1. The van der Waals surface area contributed by atoms with Crippen LogP contribution in [-0.4, -0.2) is 9.36 Å². The summed E-state index contributed by atoms with van der Waals surface area (Å²) in [5.74, 6) is 1.34. The molecular weight excluding hydrogens is 252 g/mol. The van der Waals surface area contributed by atoms with Crippen molar-refractivity contribution in [1.29, 1.82) is 0 Å². The zero-order valence-corrected chi connectivity index (χ0v) is 11.2. The Bertz CT molecular complexity index is 527. The van der Waals surface area contributed by atoms with Crippen molar-refractivity contribution in [2.24, 2.45) is 0 Å². The zero-order chi connectivity index (χ0) is 11.8. The van der Waals surface area contributed by atoms with Crippen molar-refractivity contribution in [2.45, 2.75) is 32.2 Å². The number of nitrogens with two attached hydrogens (primary N) is 1. The highest BCUT2D eigenvalue weighted by molar-refractivity contribution is 7.11. The standard InChI is InChI=1S/C11H14N4S2/c1-6-5-16-8(14-6)4-13-11-9(7-2-3-7)10(12)15-17-11/h5,7,13H,2-4H2,1H3,(H2,12,15). The average molecular weight is 266 g/mol. The maximum absolute atomic E-state index is 5.90. The first-order chi connectivity index (χ1) is 8.24. The van der Waals surface area contributed by atoms with Crippen LogP contribution >= 0.6 is 22.9 Å². The maximum Gasteiger partial charge on any atom is 0.142 e. The molecule has 0 radical (unpaired) electrons. The molecule has 1 aliphatic carbocycles. The van der Waals surface area contributed by atoms with Crippen LogP contribution in [0.5, 0.6) is 0 Å².